The van der Waals surface area contributed by atoms with Crippen LogP contribution in [0.1, 0.15) is 27.6 Å². The molecule has 0 unspecified atom stereocenters. The monoisotopic (exact) mass is 313 g/mol. The normalized spacial score (nSPS) is 10.0. The topological polar surface area (TPSA) is 55.8 Å². The van der Waals surface area contributed by atoms with Crippen molar-refractivity contribution in [2.24, 2.45) is 0 Å². The molecule has 2 aromatic carbocycles. The minimum Gasteiger partial charge on any atom is -0.497 e. The molecule has 0 aromatic heterocycles. The lowest BCUT2D eigenvalue weighted by atomic mass is 10.1. The summed E-state index contributed by atoms with van der Waals surface area (Å²) in [5.41, 5.74) is 0.810. The Labute approximate surface area is 135 Å². The van der Waals surface area contributed by atoms with E-state index in [0.717, 1.165) is 0 Å². The molecule has 0 saturated heterocycles. The molecule has 0 saturated carbocycles. The van der Waals surface area contributed by atoms with Gasteiger partial charge in [-0.2, -0.15) is 0 Å². The first-order chi connectivity index (χ1) is 11.1. The zero-order valence-electron chi connectivity index (χ0n) is 13.4. The van der Waals surface area contributed by atoms with Crippen LogP contribution in [-0.2, 0) is 0 Å². The molecule has 0 aliphatic heterocycles. The number of nitrogens with zero attached hydrogens (tertiary/aromatic N) is 1. The average molecular weight is 313 g/mol. The fraction of sp³-hybridized carbons (Fsp3) is 0.222. The van der Waals surface area contributed by atoms with Gasteiger partial charge in [0, 0.05) is 17.7 Å². The zero-order chi connectivity index (χ0) is 16.8. The van der Waals surface area contributed by atoms with Crippen LogP contribution in [0.3, 0.4) is 0 Å². The zero-order valence-corrected chi connectivity index (χ0v) is 13.4. The average Bonchev–Trinajstić information content (AvgIpc) is 2.62. The molecule has 0 atom stereocenters. The molecule has 0 aliphatic rings. The Morgan fingerprint density at radius 1 is 0.870 bits per heavy atom. The Balaban J connectivity index is 2.30. The van der Waals surface area contributed by atoms with Gasteiger partial charge >= 0.3 is 0 Å². The second kappa shape index (κ2) is 7.45. The van der Waals surface area contributed by atoms with Crippen LogP contribution in [0.2, 0.25) is 0 Å². The van der Waals surface area contributed by atoms with Gasteiger partial charge in [-0.05, 0) is 43.3 Å². The molecule has 23 heavy (non-hydrogen) atoms. The van der Waals surface area contributed by atoms with E-state index in [4.69, 9.17) is 9.47 Å². The Morgan fingerprint density at radius 3 is 1.65 bits per heavy atom. The van der Waals surface area contributed by atoms with E-state index >= 15 is 0 Å². The van der Waals surface area contributed by atoms with Crippen LogP contribution in [0, 0.1) is 0 Å². The first-order valence-electron chi connectivity index (χ1n) is 7.25. The molecule has 0 N–H and O–H groups in total. The fourth-order valence-electron chi connectivity index (χ4n) is 2.20. The van der Waals surface area contributed by atoms with Crippen LogP contribution in [0.15, 0.2) is 48.5 Å². The lowest BCUT2D eigenvalue weighted by Crippen LogP contribution is -2.36. The number of carbonyl (C=O) groups is 2. The van der Waals surface area contributed by atoms with Gasteiger partial charge in [0.2, 0.25) is 0 Å². The van der Waals surface area contributed by atoms with E-state index < -0.39 is 0 Å². The molecule has 0 aliphatic carbocycles. The lowest BCUT2D eigenvalue weighted by Gasteiger charge is -2.19. The predicted molar refractivity (Wildman–Crippen MR) is 87.0 cm³/mol. The molecule has 2 amide bonds. The van der Waals surface area contributed by atoms with Gasteiger partial charge in [0.25, 0.3) is 11.8 Å². The number of hydrogen-bond acceptors (Lipinski definition) is 4. The summed E-state index contributed by atoms with van der Waals surface area (Å²) in [7, 11) is 3.06. The van der Waals surface area contributed by atoms with Gasteiger partial charge in [0.15, 0.2) is 0 Å². The van der Waals surface area contributed by atoms with E-state index in [0.29, 0.717) is 22.6 Å². The van der Waals surface area contributed by atoms with Crippen LogP contribution in [0.5, 0.6) is 11.5 Å². The first kappa shape index (κ1) is 16.5. The molecule has 0 spiro atoms. The highest BCUT2D eigenvalue weighted by Gasteiger charge is 2.23. The maximum atomic E-state index is 12.6. The molecule has 5 nitrogen and oxygen atoms in total. The predicted octanol–water partition coefficient (Wildman–Crippen LogP) is 3.01. The summed E-state index contributed by atoms with van der Waals surface area (Å²) in [6.45, 7) is 2.03. The van der Waals surface area contributed by atoms with Crippen molar-refractivity contribution in [3.63, 3.8) is 0 Å². The van der Waals surface area contributed by atoms with Crippen molar-refractivity contribution in [2.75, 3.05) is 20.8 Å². The number of ether oxygens (including phenoxy) is 2. The van der Waals surface area contributed by atoms with Gasteiger partial charge in [-0.15, -0.1) is 0 Å². The summed E-state index contributed by atoms with van der Waals surface area (Å²) >= 11 is 0. The first-order valence-corrected chi connectivity index (χ1v) is 7.25. The fourth-order valence-corrected chi connectivity index (χ4v) is 2.20. The largest absolute Gasteiger partial charge is 0.497 e. The van der Waals surface area contributed by atoms with E-state index in [1.165, 1.54) is 19.1 Å². The van der Waals surface area contributed by atoms with Crippen molar-refractivity contribution in [1.29, 1.82) is 0 Å². The van der Waals surface area contributed by atoms with Gasteiger partial charge < -0.3 is 9.47 Å². The molecule has 2 rings (SSSR count). The minimum absolute atomic E-state index is 0.270. The number of imide groups is 1. The summed E-state index contributed by atoms with van der Waals surface area (Å²) in [6, 6.07) is 13.5. The van der Waals surface area contributed by atoms with Gasteiger partial charge in [-0.3, -0.25) is 14.5 Å². The Morgan fingerprint density at radius 2 is 1.30 bits per heavy atom. The second-order valence-corrected chi connectivity index (χ2v) is 4.82. The second-order valence-electron chi connectivity index (χ2n) is 4.82. The van der Waals surface area contributed by atoms with Crippen molar-refractivity contribution in [2.45, 2.75) is 6.92 Å². The van der Waals surface area contributed by atoms with E-state index in [9.17, 15) is 9.59 Å². The van der Waals surface area contributed by atoms with Gasteiger partial charge in [0.05, 0.1) is 14.2 Å². The van der Waals surface area contributed by atoms with Crippen molar-refractivity contribution >= 4 is 11.8 Å². The van der Waals surface area contributed by atoms with Gasteiger partial charge in [-0.25, -0.2) is 0 Å². The third-order valence-electron chi connectivity index (χ3n) is 3.44. The highest BCUT2D eigenvalue weighted by atomic mass is 16.5. The van der Waals surface area contributed by atoms with E-state index in [1.54, 1.807) is 55.5 Å². The number of hydrogen-bond donors (Lipinski definition) is 0. The molecule has 5 heteroatoms. The maximum Gasteiger partial charge on any atom is 0.260 e. The molecular weight excluding hydrogens is 294 g/mol. The lowest BCUT2D eigenvalue weighted by molar-refractivity contribution is 0.0624. The van der Waals surface area contributed by atoms with Crippen LogP contribution in [0.25, 0.3) is 0 Å². The standard InChI is InChI=1S/C18H19NO4/c1-4-19(17(20)13-7-5-9-15(11-13)22-2)18(21)14-8-6-10-16(12-14)23-3/h5-12H,4H2,1-3H3. The Kier molecular flexibility index (Phi) is 5.36. The summed E-state index contributed by atoms with van der Waals surface area (Å²) in [5.74, 6) is 0.417. The molecule has 0 radical (unpaired) electrons. The van der Waals surface area contributed by atoms with Crippen molar-refractivity contribution < 1.29 is 19.1 Å². The Hall–Kier alpha value is -2.82. The van der Waals surface area contributed by atoms with Gasteiger partial charge in [-0.1, -0.05) is 12.1 Å². The number of benzene rings is 2. The Bertz CT molecular complexity index is 652. The third-order valence-corrected chi connectivity index (χ3v) is 3.44. The highest BCUT2D eigenvalue weighted by molar-refractivity contribution is 6.10. The van der Waals surface area contributed by atoms with Crippen molar-refractivity contribution in [3.8, 4) is 11.5 Å². The highest BCUT2D eigenvalue weighted by Crippen LogP contribution is 2.18. The van der Waals surface area contributed by atoms with E-state index in [2.05, 4.69) is 0 Å². The number of carbonyl (C=O) groups excluding carboxylic acids is 2. The summed E-state index contributed by atoms with van der Waals surface area (Å²) in [4.78, 5) is 26.5. The van der Waals surface area contributed by atoms with Crippen LogP contribution in [-0.4, -0.2) is 37.5 Å². The smallest absolute Gasteiger partial charge is 0.260 e. The van der Waals surface area contributed by atoms with Gasteiger partial charge in [0.1, 0.15) is 11.5 Å². The summed E-state index contributed by atoms with van der Waals surface area (Å²) in [6.07, 6.45) is 0. The molecule has 0 bridgehead atoms. The quantitative estimate of drug-likeness (QED) is 0.796. The third kappa shape index (κ3) is 3.69. The SMILES string of the molecule is CCN(C(=O)c1cccc(OC)c1)C(=O)c1cccc(OC)c1. The number of rotatable bonds is 5. The maximum absolute atomic E-state index is 12.6. The summed E-state index contributed by atoms with van der Waals surface area (Å²) in [5, 5.41) is 0. The van der Waals surface area contributed by atoms with Crippen molar-refractivity contribution in [3.05, 3.63) is 59.7 Å². The number of amides is 2. The summed E-state index contributed by atoms with van der Waals surface area (Å²) < 4.78 is 10.2. The van der Waals surface area contributed by atoms with E-state index in [-0.39, 0.29) is 18.4 Å². The minimum atomic E-state index is -0.362. The molecular formula is C18H19NO4. The molecule has 2 aromatic rings. The molecule has 0 heterocycles. The number of methoxy groups -OCH3 is 2. The van der Waals surface area contributed by atoms with E-state index in [1.807, 2.05) is 0 Å². The van der Waals surface area contributed by atoms with Crippen LogP contribution >= 0.6 is 0 Å². The van der Waals surface area contributed by atoms with Crippen LogP contribution in [0.4, 0.5) is 0 Å². The molecule has 120 valence electrons. The van der Waals surface area contributed by atoms with Crippen LogP contribution < -0.4 is 9.47 Å². The van der Waals surface area contributed by atoms with Crippen molar-refractivity contribution in [1.82, 2.24) is 4.90 Å². The molecule has 0 fully saturated rings.